The second kappa shape index (κ2) is 5.57. The van der Waals surface area contributed by atoms with E-state index < -0.39 is 0 Å². The van der Waals surface area contributed by atoms with E-state index in [1.54, 1.807) is 0 Å². The Labute approximate surface area is 101 Å². The molecule has 0 bridgehead atoms. The highest BCUT2D eigenvalue weighted by molar-refractivity contribution is 5.73. The number of hydrogen-bond acceptors (Lipinski definition) is 3. The summed E-state index contributed by atoms with van der Waals surface area (Å²) in [5.41, 5.74) is 6.25. The highest BCUT2D eigenvalue weighted by atomic mass is 16.5. The van der Waals surface area contributed by atoms with Crippen molar-refractivity contribution in [2.75, 3.05) is 13.2 Å². The zero-order valence-electron chi connectivity index (χ0n) is 9.78. The third-order valence-corrected chi connectivity index (χ3v) is 2.70. The van der Waals surface area contributed by atoms with Crippen molar-refractivity contribution >= 4 is 5.91 Å². The van der Waals surface area contributed by atoms with Crippen molar-refractivity contribution in [3.8, 4) is 11.5 Å². The Morgan fingerprint density at radius 1 is 1.24 bits per heavy atom. The van der Waals surface area contributed by atoms with Crippen LogP contribution in [0.15, 0.2) is 18.2 Å². The van der Waals surface area contributed by atoms with Crippen molar-refractivity contribution in [3.63, 3.8) is 0 Å². The summed E-state index contributed by atoms with van der Waals surface area (Å²) >= 11 is 0. The summed E-state index contributed by atoms with van der Waals surface area (Å²) in [4.78, 5) is 10.6. The minimum absolute atomic E-state index is 0.251. The van der Waals surface area contributed by atoms with Crippen LogP contribution in [0.5, 0.6) is 11.5 Å². The van der Waals surface area contributed by atoms with E-state index in [4.69, 9.17) is 15.2 Å². The van der Waals surface area contributed by atoms with Gasteiger partial charge in [-0.2, -0.15) is 0 Å². The van der Waals surface area contributed by atoms with Crippen LogP contribution >= 0.6 is 0 Å². The van der Waals surface area contributed by atoms with E-state index in [0.717, 1.165) is 36.3 Å². The predicted octanol–water partition coefficient (Wildman–Crippen LogP) is 1.66. The molecule has 1 aromatic rings. The Balaban J connectivity index is 1.99. The largest absolute Gasteiger partial charge is 0.490 e. The third-order valence-electron chi connectivity index (χ3n) is 2.70. The third kappa shape index (κ3) is 3.37. The highest BCUT2D eigenvalue weighted by Gasteiger charge is 2.10. The first-order chi connectivity index (χ1) is 8.25. The average molecular weight is 235 g/mol. The van der Waals surface area contributed by atoms with Crippen LogP contribution in [0, 0.1) is 0 Å². The van der Waals surface area contributed by atoms with E-state index in [0.29, 0.717) is 19.6 Å². The number of rotatable bonds is 4. The van der Waals surface area contributed by atoms with E-state index in [-0.39, 0.29) is 5.91 Å². The zero-order chi connectivity index (χ0) is 12.1. The summed E-state index contributed by atoms with van der Waals surface area (Å²) < 4.78 is 11.1. The van der Waals surface area contributed by atoms with Gasteiger partial charge >= 0.3 is 0 Å². The number of amides is 1. The summed E-state index contributed by atoms with van der Waals surface area (Å²) in [5.74, 6) is 1.36. The molecular weight excluding hydrogens is 218 g/mol. The molecule has 1 aliphatic heterocycles. The number of benzene rings is 1. The van der Waals surface area contributed by atoms with Crippen molar-refractivity contribution < 1.29 is 14.3 Å². The van der Waals surface area contributed by atoms with Gasteiger partial charge in [0.2, 0.25) is 5.91 Å². The van der Waals surface area contributed by atoms with Crippen molar-refractivity contribution in [1.82, 2.24) is 0 Å². The van der Waals surface area contributed by atoms with Crippen LogP contribution in [0.2, 0.25) is 0 Å². The molecule has 4 nitrogen and oxygen atoms in total. The molecule has 0 atom stereocenters. The molecule has 92 valence electrons. The van der Waals surface area contributed by atoms with Gasteiger partial charge in [-0.1, -0.05) is 6.07 Å². The predicted molar refractivity (Wildman–Crippen MR) is 64.2 cm³/mol. The smallest absolute Gasteiger partial charge is 0.217 e. The van der Waals surface area contributed by atoms with E-state index in [1.165, 1.54) is 0 Å². The van der Waals surface area contributed by atoms with Gasteiger partial charge in [-0.05, 0) is 30.5 Å². The molecule has 17 heavy (non-hydrogen) atoms. The number of fused-ring (bicyclic) bond motifs is 1. The fraction of sp³-hybridized carbons (Fsp3) is 0.462. The molecule has 1 amide bonds. The molecule has 1 heterocycles. The van der Waals surface area contributed by atoms with Gasteiger partial charge in [-0.25, -0.2) is 0 Å². The lowest BCUT2D eigenvalue weighted by Crippen LogP contribution is -2.10. The lowest BCUT2D eigenvalue weighted by Gasteiger charge is -2.09. The lowest BCUT2D eigenvalue weighted by molar-refractivity contribution is -0.118. The molecule has 0 unspecified atom stereocenters. The Morgan fingerprint density at radius 3 is 2.76 bits per heavy atom. The molecule has 0 saturated heterocycles. The van der Waals surface area contributed by atoms with Gasteiger partial charge in [-0.15, -0.1) is 0 Å². The Kier molecular flexibility index (Phi) is 3.85. The average Bonchev–Trinajstić information content (AvgIpc) is 2.53. The summed E-state index contributed by atoms with van der Waals surface area (Å²) in [5, 5.41) is 0. The van der Waals surface area contributed by atoms with Crippen molar-refractivity contribution in [1.29, 1.82) is 0 Å². The molecule has 0 spiro atoms. The van der Waals surface area contributed by atoms with Gasteiger partial charge < -0.3 is 15.2 Å². The first-order valence-corrected chi connectivity index (χ1v) is 5.92. The fourth-order valence-corrected chi connectivity index (χ4v) is 1.83. The molecule has 0 aliphatic carbocycles. The summed E-state index contributed by atoms with van der Waals surface area (Å²) in [6.07, 6.45) is 2.94. The number of nitrogens with two attached hydrogens (primary N) is 1. The van der Waals surface area contributed by atoms with E-state index in [9.17, 15) is 4.79 Å². The minimum Gasteiger partial charge on any atom is -0.490 e. The van der Waals surface area contributed by atoms with Crippen LogP contribution in [0.4, 0.5) is 0 Å². The van der Waals surface area contributed by atoms with Gasteiger partial charge in [0, 0.05) is 12.8 Å². The molecule has 1 aliphatic rings. The second-order valence-corrected chi connectivity index (χ2v) is 4.15. The summed E-state index contributed by atoms with van der Waals surface area (Å²) in [6.45, 7) is 1.39. The SMILES string of the molecule is NC(=O)CCCc1ccc2c(c1)OCCCO2. The molecule has 0 fully saturated rings. The number of carbonyl (C=O) groups is 1. The van der Waals surface area contributed by atoms with Crippen molar-refractivity contribution in [2.24, 2.45) is 5.73 Å². The van der Waals surface area contributed by atoms with Crippen LogP contribution in [-0.2, 0) is 11.2 Å². The monoisotopic (exact) mass is 235 g/mol. The highest BCUT2D eigenvalue weighted by Crippen LogP contribution is 2.30. The summed E-state index contributed by atoms with van der Waals surface area (Å²) in [6, 6.07) is 5.93. The van der Waals surface area contributed by atoms with Gasteiger partial charge in [0.1, 0.15) is 0 Å². The minimum atomic E-state index is -0.251. The molecule has 2 rings (SSSR count). The first-order valence-electron chi connectivity index (χ1n) is 5.92. The van der Waals surface area contributed by atoms with Crippen LogP contribution in [0.3, 0.4) is 0 Å². The van der Waals surface area contributed by atoms with Crippen molar-refractivity contribution in [3.05, 3.63) is 23.8 Å². The number of primary amides is 1. The van der Waals surface area contributed by atoms with Crippen LogP contribution in [0.25, 0.3) is 0 Å². The summed E-state index contributed by atoms with van der Waals surface area (Å²) in [7, 11) is 0. The van der Waals surface area contributed by atoms with Crippen LogP contribution < -0.4 is 15.2 Å². The molecule has 0 saturated carbocycles. The first kappa shape index (κ1) is 11.8. The normalized spacial score (nSPS) is 14.1. The molecule has 1 aromatic carbocycles. The Hall–Kier alpha value is -1.71. The van der Waals surface area contributed by atoms with Gasteiger partial charge in [0.05, 0.1) is 13.2 Å². The number of carbonyl (C=O) groups excluding carboxylic acids is 1. The van der Waals surface area contributed by atoms with E-state index in [1.807, 2.05) is 18.2 Å². The molecule has 4 heteroatoms. The quantitative estimate of drug-likeness (QED) is 0.863. The Bertz CT molecular complexity index is 404. The Morgan fingerprint density at radius 2 is 2.00 bits per heavy atom. The number of hydrogen-bond donors (Lipinski definition) is 1. The topological polar surface area (TPSA) is 61.6 Å². The lowest BCUT2D eigenvalue weighted by atomic mass is 10.1. The van der Waals surface area contributed by atoms with E-state index >= 15 is 0 Å². The van der Waals surface area contributed by atoms with E-state index in [2.05, 4.69) is 0 Å². The van der Waals surface area contributed by atoms with Gasteiger partial charge in [-0.3, -0.25) is 4.79 Å². The van der Waals surface area contributed by atoms with Gasteiger partial charge in [0.15, 0.2) is 11.5 Å². The van der Waals surface area contributed by atoms with Crippen molar-refractivity contribution in [2.45, 2.75) is 25.7 Å². The standard InChI is InChI=1S/C13H17NO3/c14-13(15)4-1-3-10-5-6-11-12(9-10)17-8-2-7-16-11/h5-6,9H,1-4,7-8H2,(H2,14,15). The number of ether oxygens (including phenoxy) is 2. The molecular formula is C13H17NO3. The maximum absolute atomic E-state index is 10.6. The molecule has 0 radical (unpaired) electrons. The van der Waals surface area contributed by atoms with Crippen LogP contribution in [0.1, 0.15) is 24.8 Å². The van der Waals surface area contributed by atoms with Crippen LogP contribution in [-0.4, -0.2) is 19.1 Å². The second-order valence-electron chi connectivity index (χ2n) is 4.15. The number of aryl methyl sites for hydroxylation is 1. The van der Waals surface area contributed by atoms with Gasteiger partial charge in [0.25, 0.3) is 0 Å². The maximum Gasteiger partial charge on any atom is 0.217 e. The fourth-order valence-electron chi connectivity index (χ4n) is 1.83. The molecule has 0 aromatic heterocycles. The maximum atomic E-state index is 10.6. The zero-order valence-corrected chi connectivity index (χ0v) is 9.78. The molecule has 2 N–H and O–H groups in total.